The van der Waals surface area contributed by atoms with Gasteiger partial charge in [0.05, 0.1) is 11.9 Å². The lowest BCUT2D eigenvalue weighted by molar-refractivity contribution is -0.117. The maximum atomic E-state index is 12.6. The van der Waals surface area contributed by atoms with Crippen molar-refractivity contribution < 1.29 is 14.1 Å². The molecule has 9 nitrogen and oxygen atoms in total. The molecule has 1 aromatic carbocycles. The van der Waals surface area contributed by atoms with Crippen LogP contribution < -0.4 is 15.5 Å². The monoisotopic (exact) mass is 516 g/mol. The third kappa shape index (κ3) is 6.27. The molecule has 3 heterocycles. The molecule has 1 fully saturated rings. The van der Waals surface area contributed by atoms with E-state index in [0.717, 1.165) is 47.5 Å². The number of carbonyl (C=O) groups is 2. The number of rotatable bonds is 8. The third-order valence-corrected chi connectivity index (χ3v) is 6.73. The number of benzene rings is 1. The fourth-order valence-corrected chi connectivity index (χ4v) is 4.42. The number of amides is 2. The van der Waals surface area contributed by atoms with Gasteiger partial charge in [0.2, 0.25) is 11.8 Å². The Morgan fingerprint density at radius 1 is 1.21 bits per heavy atom. The number of carbonyl (C=O) groups excluding carboxylic acids is 2. The molecule has 2 amide bonds. The van der Waals surface area contributed by atoms with E-state index in [-0.39, 0.29) is 23.1 Å². The van der Waals surface area contributed by atoms with Crippen molar-refractivity contribution in [3.8, 4) is 11.1 Å². The van der Waals surface area contributed by atoms with Gasteiger partial charge in [-0.3, -0.25) is 14.6 Å². The molecular weight excluding hydrogens is 480 g/mol. The van der Waals surface area contributed by atoms with Crippen molar-refractivity contribution in [2.24, 2.45) is 5.92 Å². The second kappa shape index (κ2) is 11.2. The highest BCUT2D eigenvalue weighted by molar-refractivity contribution is 5.92. The van der Waals surface area contributed by atoms with Crippen molar-refractivity contribution in [2.45, 2.75) is 53.0 Å². The second-order valence-electron chi connectivity index (χ2n) is 11.0. The van der Waals surface area contributed by atoms with Crippen LogP contribution >= 0.6 is 0 Å². The Bertz CT molecular complexity index is 1340. The first-order chi connectivity index (χ1) is 18.0. The summed E-state index contributed by atoms with van der Waals surface area (Å²) in [7, 11) is 0. The van der Waals surface area contributed by atoms with Gasteiger partial charge in [-0.25, -0.2) is 0 Å². The summed E-state index contributed by atoms with van der Waals surface area (Å²) < 4.78 is 5.23. The van der Waals surface area contributed by atoms with Gasteiger partial charge in [0, 0.05) is 48.9 Å². The van der Waals surface area contributed by atoms with E-state index in [4.69, 9.17) is 4.52 Å². The Morgan fingerprint density at radius 3 is 2.68 bits per heavy atom. The van der Waals surface area contributed by atoms with Gasteiger partial charge >= 0.3 is 0 Å². The maximum absolute atomic E-state index is 12.6. The zero-order chi connectivity index (χ0) is 27.4. The normalized spacial score (nSPS) is 15.4. The Kier molecular flexibility index (Phi) is 7.94. The van der Waals surface area contributed by atoms with Crippen molar-refractivity contribution >= 4 is 17.5 Å². The molecule has 200 valence electrons. The van der Waals surface area contributed by atoms with Crippen LogP contribution in [0.4, 0.5) is 5.69 Å². The summed E-state index contributed by atoms with van der Waals surface area (Å²) in [5.74, 6) is 0.375. The molecule has 1 atom stereocenters. The summed E-state index contributed by atoms with van der Waals surface area (Å²) in [6.45, 7) is 16.1. The summed E-state index contributed by atoms with van der Waals surface area (Å²) in [4.78, 5) is 35.4. The molecule has 1 aliphatic rings. The predicted octanol–water partition coefficient (Wildman–Crippen LogP) is 4.19. The van der Waals surface area contributed by atoms with Crippen LogP contribution in [0, 0.1) is 12.8 Å². The lowest BCUT2D eigenvalue weighted by Crippen LogP contribution is -2.31. The topological polar surface area (TPSA) is 113 Å². The lowest BCUT2D eigenvalue weighted by Gasteiger charge is -2.22. The van der Waals surface area contributed by atoms with Crippen molar-refractivity contribution in [1.82, 2.24) is 25.8 Å². The van der Waals surface area contributed by atoms with E-state index in [1.807, 2.05) is 46.0 Å². The van der Waals surface area contributed by atoms with Crippen LogP contribution in [0.25, 0.3) is 11.1 Å². The van der Waals surface area contributed by atoms with E-state index in [0.29, 0.717) is 30.5 Å². The number of hydrogen-bond donors (Lipinski definition) is 2. The molecule has 9 heteroatoms. The minimum atomic E-state index is -0.368. The van der Waals surface area contributed by atoms with Crippen LogP contribution in [0.1, 0.15) is 61.8 Å². The zero-order valence-electron chi connectivity index (χ0n) is 22.8. The van der Waals surface area contributed by atoms with Crippen LogP contribution in [0.2, 0.25) is 0 Å². The first kappa shape index (κ1) is 27.0. The number of aromatic nitrogens is 3. The highest BCUT2D eigenvalue weighted by Crippen LogP contribution is 2.34. The van der Waals surface area contributed by atoms with Gasteiger partial charge in [-0.2, -0.15) is 4.98 Å². The van der Waals surface area contributed by atoms with Crippen molar-refractivity contribution in [2.75, 3.05) is 24.5 Å². The summed E-state index contributed by atoms with van der Waals surface area (Å²) in [6.07, 6.45) is 4.71. The highest BCUT2D eigenvalue weighted by atomic mass is 16.5. The molecule has 3 aromatic rings. The van der Waals surface area contributed by atoms with Crippen LogP contribution in [-0.2, 0) is 16.8 Å². The highest BCUT2D eigenvalue weighted by Gasteiger charge is 2.26. The molecule has 2 aromatic heterocycles. The molecule has 1 saturated heterocycles. The molecule has 2 N–H and O–H groups in total. The first-order valence-corrected chi connectivity index (χ1v) is 12.9. The molecule has 1 aliphatic heterocycles. The quantitative estimate of drug-likeness (QED) is 0.432. The van der Waals surface area contributed by atoms with Gasteiger partial charge in [-0.05, 0) is 48.9 Å². The Balaban J connectivity index is 1.42. The molecular formula is C29H36N6O3. The van der Waals surface area contributed by atoms with Crippen LogP contribution in [0.5, 0.6) is 0 Å². The number of pyridine rings is 1. The molecule has 38 heavy (non-hydrogen) atoms. The number of hydrogen-bond acceptors (Lipinski definition) is 7. The second-order valence-corrected chi connectivity index (χ2v) is 11.0. The number of nitrogens with zero attached hydrogens (tertiary/aromatic N) is 4. The minimum Gasteiger partial charge on any atom is -0.369 e. The van der Waals surface area contributed by atoms with Crippen molar-refractivity contribution in [3.05, 3.63) is 71.7 Å². The summed E-state index contributed by atoms with van der Waals surface area (Å²) in [5.41, 5.74) is 5.54. The zero-order valence-corrected chi connectivity index (χ0v) is 22.8. The van der Waals surface area contributed by atoms with E-state index >= 15 is 0 Å². The molecule has 0 radical (unpaired) electrons. The number of nitrogens with one attached hydrogen (secondary N) is 2. The fraction of sp³-hybridized carbons (Fsp3) is 0.414. The molecule has 0 saturated carbocycles. The van der Waals surface area contributed by atoms with Crippen molar-refractivity contribution in [1.29, 1.82) is 0 Å². The predicted molar refractivity (Wildman–Crippen MR) is 147 cm³/mol. The van der Waals surface area contributed by atoms with Crippen molar-refractivity contribution in [3.63, 3.8) is 0 Å². The summed E-state index contributed by atoms with van der Waals surface area (Å²) in [5, 5.41) is 9.68. The lowest BCUT2D eigenvalue weighted by atomic mass is 9.97. The van der Waals surface area contributed by atoms with E-state index in [1.165, 1.54) is 0 Å². The Labute approximate surface area is 223 Å². The smallest absolute Gasteiger partial charge is 0.292 e. The van der Waals surface area contributed by atoms with Gasteiger partial charge in [0.15, 0.2) is 0 Å². The maximum Gasteiger partial charge on any atom is 0.292 e. The minimum absolute atomic E-state index is 0.0359. The number of aryl methyl sites for hydroxylation is 1. The molecule has 0 bridgehead atoms. The average molecular weight is 517 g/mol. The van der Waals surface area contributed by atoms with E-state index < -0.39 is 0 Å². The number of anilines is 1. The summed E-state index contributed by atoms with van der Waals surface area (Å²) in [6, 6.07) is 8.27. The third-order valence-electron chi connectivity index (χ3n) is 6.73. The fourth-order valence-electron chi connectivity index (χ4n) is 4.42. The molecule has 4 rings (SSSR count). The standard InChI is InChI=1S/C29H36N6O3/c1-18(2)26(36)31-14-20-10-12-35(17-20)24-16-30-11-9-23(24)21-7-8-22(19(3)13-21)15-32-27(37)25-33-28(38-34-25)29(4,5)6/h7-9,11,13,16,20H,1,10,12,14-15,17H2,2-6H3,(H,31,36)(H,32,37). The van der Waals surface area contributed by atoms with E-state index in [9.17, 15) is 9.59 Å². The Morgan fingerprint density at radius 2 is 2.00 bits per heavy atom. The average Bonchev–Trinajstić information content (AvgIpc) is 3.56. The van der Waals surface area contributed by atoms with Gasteiger partial charge in [-0.15, -0.1) is 0 Å². The van der Waals surface area contributed by atoms with Crippen LogP contribution in [0.15, 0.2) is 53.3 Å². The van der Waals surface area contributed by atoms with Gasteiger partial charge < -0.3 is 20.1 Å². The van der Waals surface area contributed by atoms with Gasteiger partial charge in [-0.1, -0.05) is 50.7 Å². The van der Waals surface area contributed by atoms with Crippen LogP contribution in [-0.4, -0.2) is 46.6 Å². The Hall–Kier alpha value is -4.01. The SMILES string of the molecule is C=C(C)C(=O)NCC1CCN(c2cnccc2-c2ccc(CNC(=O)c3noc(C(C)(C)C)n3)c(C)c2)C1. The van der Waals surface area contributed by atoms with E-state index in [1.54, 1.807) is 13.1 Å². The van der Waals surface area contributed by atoms with Gasteiger partial charge in [0.25, 0.3) is 11.7 Å². The molecule has 0 aliphatic carbocycles. The van der Waals surface area contributed by atoms with E-state index in [2.05, 4.69) is 49.4 Å². The molecule has 0 spiro atoms. The molecule has 1 unspecified atom stereocenters. The van der Waals surface area contributed by atoms with Crippen LogP contribution in [0.3, 0.4) is 0 Å². The largest absolute Gasteiger partial charge is 0.369 e. The first-order valence-electron chi connectivity index (χ1n) is 12.9. The van der Waals surface area contributed by atoms with Gasteiger partial charge in [0.1, 0.15) is 0 Å². The summed E-state index contributed by atoms with van der Waals surface area (Å²) >= 11 is 0.